The standard InChI is InChI=1S/C19H23N3O3/c1-12-6-8-16(9-7-12)10-11-17(23)25-15(4)19(24)20-18-13(2)21-22(5)14(18)3/h6-11,15H,1-5H3,(H,20,24)/b11-10+/t15-/m0/s1. The maximum atomic E-state index is 12.2. The van der Waals surface area contributed by atoms with Crippen LogP contribution in [-0.4, -0.2) is 27.8 Å². The van der Waals surface area contributed by atoms with Crippen molar-refractivity contribution in [1.82, 2.24) is 9.78 Å². The Labute approximate surface area is 147 Å². The lowest BCUT2D eigenvalue weighted by Gasteiger charge is -2.12. The van der Waals surface area contributed by atoms with Crippen molar-refractivity contribution < 1.29 is 14.3 Å². The smallest absolute Gasteiger partial charge is 0.331 e. The number of esters is 1. The molecule has 2 rings (SSSR count). The first kappa shape index (κ1) is 18.4. The SMILES string of the molecule is Cc1ccc(/C=C/C(=O)O[C@@H](C)C(=O)Nc2c(C)nn(C)c2C)cc1. The van der Waals surface area contributed by atoms with E-state index in [9.17, 15) is 9.59 Å². The number of hydrogen-bond donors (Lipinski definition) is 1. The topological polar surface area (TPSA) is 73.2 Å². The summed E-state index contributed by atoms with van der Waals surface area (Å²) >= 11 is 0. The van der Waals surface area contributed by atoms with Gasteiger partial charge >= 0.3 is 5.97 Å². The lowest BCUT2D eigenvalue weighted by Crippen LogP contribution is -2.29. The molecule has 1 aromatic carbocycles. The number of amides is 1. The fourth-order valence-electron chi connectivity index (χ4n) is 2.29. The summed E-state index contributed by atoms with van der Waals surface area (Å²) < 4.78 is 6.84. The van der Waals surface area contributed by atoms with Crippen molar-refractivity contribution in [2.24, 2.45) is 7.05 Å². The molecular formula is C19H23N3O3. The number of aromatic nitrogens is 2. The van der Waals surface area contributed by atoms with Gasteiger partial charge in [0.25, 0.3) is 5.91 Å². The highest BCUT2D eigenvalue weighted by Crippen LogP contribution is 2.18. The van der Waals surface area contributed by atoms with Gasteiger partial charge < -0.3 is 10.1 Å². The van der Waals surface area contributed by atoms with E-state index < -0.39 is 18.0 Å². The molecule has 1 atom stereocenters. The average Bonchev–Trinajstić information content (AvgIpc) is 2.80. The van der Waals surface area contributed by atoms with Crippen LogP contribution in [0.2, 0.25) is 0 Å². The highest BCUT2D eigenvalue weighted by Gasteiger charge is 2.20. The van der Waals surface area contributed by atoms with Crippen LogP contribution in [0.3, 0.4) is 0 Å². The minimum atomic E-state index is -0.908. The van der Waals surface area contributed by atoms with Crippen molar-refractivity contribution >= 4 is 23.6 Å². The molecule has 25 heavy (non-hydrogen) atoms. The third-order valence-corrected chi connectivity index (χ3v) is 3.91. The molecule has 6 nitrogen and oxygen atoms in total. The first-order chi connectivity index (χ1) is 11.8. The number of carbonyl (C=O) groups is 2. The van der Waals surface area contributed by atoms with Gasteiger partial charge in [0.1, 0.15) is 0 Å². The summed E-state index contributed by atoms with van der Waals surface area (Å²) in [5.74, 6) is -0.959. The summed E-state index contributed by atoms with van der Waals surface area (Å²) in [7, 11) is 1.80. The first-order valence-corrected chi connectivity index (χ1v) is 8.04. The second kappa shape index (κ2) is 7.79. The zero-order chi connectivity index (χ0) is 18.6. The number of aryl methyl sites for hydroxylation is 3. The van der Waals surface area contributed by atoms with Crippen molar-refractivity contribution in [1.29, 1.82) is 0 Å². The molecule has 6 heteroatoms. The van der Waals surface area contributed by atoms with E-state index in [-0.39, 0.29) is 0 Å². The van der Waals surface area contributed by atoms with Crippen LogP contribution in [0.1, 0.15) is 29.4 Å². The molecule has 0 radical (unpaired) electrons. The van der Waals surface area contributed by atoms with Crippen LogP contribution in [0.15, 0.2) is 30.3 Å². The molecule has 2 aromatic rings. The highest BCUT2D eigenvalue weighted by molar-refractivity contribution is 5.97. The van der Waals surface area contributed by atoms with E-state index >= 15 is 0 Å². The normalized spacial score (nSPS) is 12.2. The van der Waals surface area contributed by atoms with Crippen LogP contribution >= 0.6 is 0 Å². The summed E-state index contributed by atoms with van der Waals surface area (Å²) in [4.78, 5) is 24.1. The van der Waals surface area contributed by atoms with Gasteiger partial charge in [-0.1, -0.05) is 29.8 Å². The van der Waals surface area contributed by atoms with Gasteiger partial charge in [-0.25, -0.2) is 4.79 Å². The van der Waals surface area contributed by atoms with Crippen molar-refractivity contribution in [2.45, 2.75) is 33.8 Å². The molecule has 1 N–H and O–H groups in total. The Hall–Kier alpha value is -2.89. The molecule has 0 bridgehead atoms. The summed E-state index contributed by atoms with van der Waals surface area (Å²) in [6.45, 7) is 7.20. The van der Waals surface area contributed by atoms with Gasteiger partial charge in [-0.05, 0) is 39.3 Å². The van der Waals surface area contributed by atoms with E-state index in [4.69, 9.17) is 4.74 Å². The zero-order valence-electron chi connectivity index (χ0n) is 15.2. The second-order valence-electron chi connectivity index (χ2n) is 5.98. The van der Waals surface area contributed by atoms with Gasteiger partial charge in [0, 0.05) is 13.1 Å². The minimum absolute atomic E-state index is 0.392. The lowest BCUT2D eigenvalue weighted by atomic mass is 10.1. The number of benzene rings is 1. The largest absolute Gasteiger partial charge is 0.449 e. The van der Waals surface area contributed by atoms with E-state index in [1.54, 1.807) is 17.8 Å². The first-order valence-electron chi connectivity index (χ1n) is 8.04. The average molecular weight is 341 g/mol. The molecule has 1 amide bonds. The van der Waals surface area contributed by atoms with Crippen molar-refractivity contribution in [3.8, 4) is 0 Å². The van der Waals surface area contributed by atoms with Crippen molar-refractivity contribution in [3.05, 3.63) is 52.9 Å². The fourth-order valence-corrected chi connectivity index (χ4v) is 2.29. The van der Waals surface area contributed by atoms with Crippen LogP contribution in [0.5, 0.6) is 0 Å². The van der Waals surface area contributed by atoms with Gasteiger partial charge in [-0.3, -0.25) is 9.48 Å². The Morgan fingerprint density at radius 1 is 1.20 bits per heavy atom. The molecule has 0 aliphatic carbocycles. The quantitative estimate of drug-likeness (QED) is 0.670. The third-order valence-electron chi connectivity index (χ3n) is 3.91. The molecule has 0 unspecified atom stereocenters. The van der Waals surface area contributed by atoms with Crippen molar-refractivity contribution in [3.63, 3.8) is 0 Å². The van der Waals surface area contributed by atoms with E-state index in [0.717, 1.165) is 16.8 Å². The number of nitrogens with one attached hydrogen (secondary N) is 1. The summed E-state index contributed by atoms with van der Waals surface area (Å²) in [5, 5.41) is 7.00. The van der Waals surface area contributed by atoms with Crippen LogP contribution in [-0.2, 0) is 21.4 Å². The van der Waals surface area contributed by atoms with Gasteiger partial charge in [-0.15, -0.1) is 0 Å². The predicted molar refractivity (Wildman–Crippen MR) is 97.1 cm³/mol. The Morgan fingerprint density at radius 2 is 1.84 bits per heavy atom. The zero-order valence-corrected chi connectivity index (χ0v) is 15.2. The molecule has 1 heterocycles. The Morgan fingerprint density at radius 3 is 2.40 bits per heavy atom. The third kappa shape index (κ3) is 4.79. The molecule has 0 aliphatic rings. The van der Waals surface area contributed by atoms with Crippen LogP contribution in [0, 0.1) is 20.8 Å². The molecule has 0 saturated heterocycles. The monoisotopic (exact) mass is 341 g/mol. The maximum Gasteiger partial charge on any atom is 0.331 e. The Kier molecular flexibility index (Phi) is 5.75. The molecule has 0 saturated carbocycles. The number of anilines is 1. The van der Waals surface area contributed by atoms with Gasteiger partial charge in [-0.2, -0.15) is 5.10 Å². The van der Waals surface area contributed by atoms with Gasteiger partial charge in [0.05, 0.1) is 17.1 Å². The van der Waals surface area contributed by atoms with E-state index in [0.29, 0.717) is 11.4 Å². The molecule has 132 valence electrons. The minimum Gasteiger partial charge on any atom is -0.449 e. The second-order valence-corrected chi connectivity index (χ2v) is 5.98. The maximum absolute atomic E-state index is 12.2. The van der Waals surface area contributed by atoms with Gasteiger partial charge in [0.2, 0.25) is 0 Å². The Bertz CT molecular complexity index is 804. The molecular weight excluding hydrogens is 318 g/mol. The fraction of sp³-hybridized carbons (Fsp3) is 0.316. The molecule has 0 spiro atoms. The van der Waals surface area contributed by atoms with Crippen LogP contribution in [0.4, 0.5) is 5.69 Å². The van der Waals surface area contributed by atoms with Gasteiger partial charge in [0.15, 0.2) is 6.10 Å². The lowest BCUT2D eigenvalue weighted by molar-refractivity contribution is -0.148. The summed E-state index contributed by atoms with van der Waals surface area (Å²) in [6, 6.07) is 7.73. The number of hydrogen-bond acceptors (Lipinski definition) is 4. The molecule has 1 aromatic heterocycles. The van der Waals surface area contributed by atoms with E-state index in [1.807, 2.05) is 45.0 Å². The highest BCUT2D eigenvalue weighted by atomic mass is 16.5. The predicted octanol–water partition coefficient (Wildman–Crippen LogP) is 2.93. The summed E-state index contributed by atoms with van der Waals surface area (Å²) in [5.41, 5.74) is 4.23. The Balaban J connectivity index is 1.93. The van der Waals surface area contributed by atoms with Crippen LogP contribution < -0.4 is 5.32 Å². The molecule has 0 aliphatic heterocycles. The number of ether oxygens (including phenoxy) is 1. The molecule has 0 fully saturated rings. The number of carbonyl (C=O) groups excluding carboxylic acids is 2. The van der Waals surface area contributed by atoms with E-state index in [2.05, 4.69) is 10.4 Å². The summed E-state index contributed by atoms with van der Waals surface area (Å²) in [6.07, 6.45) is 2.06. The van der Waals surface area contributed by atoms with E-state index in [1.165, 1.54) is 13.0 Å². The number of nitrogens with zero attached hydrogens (tertiary/aromatic N) is 2. The number of rotatable bonds is 5. The van der Waals surface area contributed by atoms with Crippen LogP contribution in [0.25, 0.3) is 6.08 Å². The van der Waals surface area contributed by atoms with Crippen molar-refractivity contribution in [2.75, 3.05) is 5.32 Å².